The molecule has 0 bridgehead atoms. The Morgan fingerprint density at radius 3 is 2.75 bits per heavy atom. The van der Waals surface area contributed by atoms with Crippen molar-refractivity contribution in [1.82, 2.24) is 5.32 Å². The Kier molecular flexibility index (Phi) is 4.02. The van der Waals surface area contributed by atoms with Crippen LogP contribution in [0.25, 0.3) is 0 Å². The zero-order chi connectivity index (χ0) is 14.5. The Hall–Kier alpha value is -2.80. The second kappa shape index (κ2) is 5.89. The summed E-state index contributed by atoms with van der Waals surface area (Å²) in [6.45, 7) is 2.21. The fraction of sp³-hybridized carbons (Fsp3) is 0.125. The minimum Gasteiger partial charge on any atom is -0.398 e. The molecule has 20 heavy (non-hydrogen) atoms. The summed E-state index contributed by atoms with van der Waals surface area (Å²) in [7, 11) is 0. The maximum Gasteiger partial charge on any atom is 0.253 e. The predicted molar refractivity (Wildman–Crippen MR) is 77.9 cm³/mol. The molecular weight excluding hydrogens is 250 g/mol. The van der Waals surface area contributed by atoms with Crippen molar-refractivity contribution in [2.75, 3.05) is 5.73 Å². The molecule has 0 aliphatic rings. The third-order valence-electron chi connectivity index (χ3n) is 3.04. The average molecular weight is 265 g/mol. The summed E-state index contributed by atoms with van der Waals surface area (Å²) in [5.41, 5.74) is 9.10. The Morgan fingerprint density at radius 1 is 1.30 bits per heavy atom. The molecular formula is C16H15N3O. The molecule has 0 heterocycles. The zero-order valence-corrected chi connectivity index (χ0v) is 11.2. The highest BCUT2D eigenvalue weighted by molar-refractivity contribution is 6.00. The van der Waals surface area contributed by atoms with E-state index in [1.165, 1.54) is 0 Å². The highest BCUT2D eigenvalue weighted by Crippen LogP contribution is 2.16. The van der Waals surface area contributed by atoms with Gasteiger partial charge in [0.05, 0.1) is 17.2 Å². The molecule has 0 aliphatic heterocycles. The Labute approximate surface area is 117 Å². The number of nitrogens with zero attached hydrogens (tertiary/aromatic N) is 1. The molecule has 4 heteroatoms. The SMILES string of the molecule is Cc1cccc(N)c1C(=O)NCc1cccc(C#N)c1. The van der Waals surface area contributed by atoms with Gasteiger partial charge in [0.1, 0.15) is 0 Å². The molecule has 0 saturated heterocycles. The van der Waals surface area contributed by atoms with Crippen molar-refractivity contribution < 1.29 is 4.79 Å². The van der Waals surface area contributed by atoms with Crippen LogP contribution in [0.3, 0.4) is 0 Å². The van der Waals surface area contributed by atoms with Gasteiger partial charge in [0, 0.05) is 12.2 Å². The molecule has 1 amide bonds. The summed E-state index contributed by atoms with van der Waals surface area (Å²) in [5, 5.41) is 11.7. The summed E-state index contributed by atoms with van der Waals surface area (Å²) in [6, 6.07) is 14.6. The molecule has 0 radical (unpaired) electrons. The minimum absolute atomic E-state index is 0.206. The molecule has 0 saturated carbocycles. The lowest BCUT2D eigenvalue weighted by Crippen LogP contribution is -2.24. The van der Waals surface area contributed by atoms with E-state index in [9.17, 15) is 4.79 Å². The maximum atomic E-state index is 12.2. The van der Waals surface area contributed by atoms with Crippen LogP contribution in [0.2, 0.25) is 0 Å². The van der Waals surface area contributed by atoms with Crippen LogP contribution in [0.5, 0.6) is 0 Å². The molecule has 100 valence electrons. The molecule has 4 nitrogen and oxygen atoms in total. The Morgan fingerprint density at radius 2 is 2.05 bits per heavy atom. The number of carbonyl (C=O) groups is 1. The van der Waals surface area contributed by atoms with Crippen LogP contribution in [0, 0.1) is 18.3 Å². The number of benzene rings is 2. The quantitative estimate of drug-likeness (QED) is 0.836. The summed E-state index contributed by atoms with van der Waals surface area (Å²) in [4.78, 5) is 12.2. The van der Waals surface area contributed by atoms with Gasteiger partial charge < -0.3 is 11.1 Å². The first-order valence-electron chi connectivity index (χ1n) is 6.24. The first kappa shape index (κ1) is 13.6. The van der Waals surface area contributed by atoms with Crippen molar-refractivity contribution in [3.8, 4) is 6.07 Å². The first-order chi connectivity index (χ1) is 9.61. The monoisotopic (exact) mass is 265 g/mol. The van der Waals surface area contributed by atoms with Crippen molar-refractivity contribution in [2.45, 2.75) is 13.5 Å². The van der Waals surface area contributed by atoms with Gasteiger partial charge in [-0.1, -0.05) is 24.3 Å². The van der Waals surface area contributed by atoms with E-state index >= 15 is 0 Å². The van der Waals surface area contributed by atoms with E-state index in [1.54, 1.807) is 24.3 Å². The molecule has 0 atom stereocenters. The number of nitrogens with one attached hydrogen (secondary N) is 1. The lowest BCUT2D eigenvalue weighted by Gasteiger charge is -2.10. The van der Waals surface area contributed by atoms with Crippen molar-refractivity contribution in [3.63, 3.8) is 0 Å². The average Bonchev–Trinajstić information content (AvgIpc) is 2.45. The van der Waals surface area contributed by atoms with Crippen molar-refractivity contribution in [3.05, 3.63) is 64.7 Å². The van der Waals surface area contributed by atoms with Crippen LogP contribution in [0.15, 0.2) is 42.5 Å². The number of hydrogen-bond acceptors (Lipinski definition) is 3. The smallest absolute Gasteiger partial charge is 0.253 e. The third kappa shape index (κ3) is 2.96. The van der Waals surface area contributed by atoms with Crippen LogP contribution in [-0.4, -0.2) is 5.91 Å². The lowest BCUT2D eigenvalue weighted by molar-refractivity contribution is 0.0951. The van der Waals surface area contributed by atoms with Gasteiger partial charge in [-0.15, -0.1) is 0 Å². The topological polar surface area (TPSA) is 78.9 Å². The lowest BCUT2D eigenvalue weighted by atomic mass is 10.1. The fourth-order valence-corrected chi connectivity index (χ4v) is 2.02. The summed E-state index contributed by atoms with van der Waals surface area (Å²) in [5.74, 6) is -0.206. The highest BCUT2D eigenvalue weighted by Gasteiger charge is 2.11. The van der Waals surface area contributed by atoms with Gasteiger partial charge in [0.2, 0.25) is 0 Å². The predicted octanol–water partition coefficient (Wildman–Crippen LogP) is 2.38. The molecule has 2 aromatic rings. The van der Waals surface area contributed by atoms with Gasteiger partial charge >= 0.3 is 0 Å². The van der Waals surface area contributed by atoms with E-state index in [4.69, 9.17) is 11.0 Å². The largest absolute Gasteiger partial charge is 0.398 e. The van der Waals surface area contributed by atoms with E-state index in [0.29, 0.717) is 23.4 Å². The van der Waals surface area contributed by atoms with Crippen molar-refractivity contribution in [1.29, 1.82) is 5.26 Å². The summed E-state index contributed by atoms with van der Waals surface area (Å²) < 4.78 is 0. The van der Waals surface area contributed by atoms with Crippen LogP contribution in [0.4, 0.5) is 5.69 Å². The van der Waals surface area contributed by atoms with Crippen LogP contribution in [-0.2, 0) is 6.54 Å². The molecule has 0 aliphatic carbocycles. The molecule has 3 N–H and O–H groups in total. The third-order valence-corrected chi connectivity index (χ3v) is 3.04. The number of nitrogens with two attached hydrogens (primary N) is 1. The van der Waals surface area contributed by atoms with E-state index < -0.39 is 0 Å². The van der Waals surface area contributed by atoms with Crippen LogP contribution in [0.1, 0.15) is 27.0 Å². The number of aryl methyl sites for hydroxylation is 1. The second-order valence-corrected chi connectivity index (χ2v) is 4.53. The Bertz CT molecular complexity index is 666. The molecule has 2 aromatic carbocycles. The standard InChI is InChI=1S/C16H15N3O/c1-11-4-2-7-14(18)15(11)16(20)19-10-13-6-3-5-12(8-13)9-17/h2-8H,10,18H2,1H3,(H,19,20). The van der Waals surface area contributed by atoms with Gasteiger partial charge in [-0.05, 0) is 36.2 Å². The minimum atomic E-state index is -0.206. The molecule has 2 rings (SSSR count). The fourth-order valence-electron chi connectivity index (χ4n) is 2.02. The van der Waals surface area contributed by atoms with E-state index in [1.807, 2.05) is 25.1 Å². The zero-order valence-electron chi connectivity index (χ0n) is 11.2. The van der Waals surface area contributed by atoms with Gasteiger partial charge in [0.15, 0.2) is 0 Å². The van der Waals surface area contributed by atoms with Gasteiger partial charge in [-0.25, -0.2) is 0 Å². The maximum absolute atomic E-state index is 12.2. The highest BCUT2D eigenvalue weighted by atomic mass is 16.1. The molecule has 0 spiro atoms. The number of hydrogen-bond donors (Lipinski definition) is 2. The molecule has 0 unspecified atom stereocenters. The summed E-state index contributed by atoms with van der Waals surface area (Å²) in [6.07, 6.45) is 0. The van der Waals surface area contributed by atoms with Crippen molar-refractivity contribution >= 4 is 11.6 Å². The van der Waals surface area contributed by atoms with Gasteiger partial charge in [-0.3, -0.25) is 4.79 Å². The van der Waals surface area contributed by atoms with Crippen LogP contribution < -0.4 is 11.1 Å². The molecule has 0 aromatic heterocycles. The van der Waals surface area contributed by atoms with E-state index in [-0.39, 0.29) is 5.91 Å². The normalized spacial score (nSPS) is 9.80. The number of carbonyl (C=O) groups excluding carboxylic acids is 1. The van der Waals surface area contributed by atoms with Gasteiger partial charge in [0.25, 0.3) is 5.91 Å². The number of anilines is 1. The molecule has 0 fully saturated rings. The Balaban J connectivity index is 2.11. The van der Waals surface area contributed by atoms with Gasteiger partial charge in [-0.2, -0.15) is 5.26 Å². The van der Waals surface area contributed by atoms with Crippen molar-refractivity contribution in [2.24, 2.45) is 0 Å². The number of nitriles is 1. The summed E-state index contributed by atoms with van der Waals surface area (Å²) >= 11 is 0. The second-order valence-electron chi connectivity index (χ2n) is 4.53. The number of amides is 1. The number of nitrogen functional groups attached to an aromatic ring is 1. The first-order valence-corrected chi connectivity index (χ1v) is 6.24. The van der Waals surface area contributed by atoms with E-state index in [0.717, 1.165) is 11.1 Å². The number of rotatable bonds is 3. The van der Waals surface area contributed by atoms with E-state index in [2.05, 4.69) is 11.4 Å². The van der Waals surface area contributed by atoms with Crippen LogP contribution >= 0.6 is 0 Å².